The highest BCUT2D eigenvalue weighted by atomic mass is 32.1. The van der Waals surface area contributed by atoms with Crippen LogP contribution in [0.2, 0.25) is 0 Å². The highest BCUT2D eigenvalue weighted by Crippen LogP contribution is 2.27. The molecule has 0 bridgehead atoms. The number of aromatic nitrogens is 2. The van der Waals surface area contributed by atoms with Crippen LogP contribution in [0.4, 0.5) is 17.6 Å². The van der Waals surface area contributed by atoms with Gasteiger partial charge < -0.3 is 29.6 Å². The molecule has 1 saturated heterocycles. The Kier molecular flexibility index (Phi) is 6.17. The largest absolute Gasteiger partial charge is 0.467 e. The van der Waals surface area contributed by atoms with Crippen molar-refractivity contribution >= 4 is 34.9 Å². The van der Waals surface area contributed by atoms with Crippen molar-refractivity contribution in [2.45, 2.75) is 19.5 Å². The van der Waals surface area contributed by atoms with E-state index in [1.54, 1.807) is 6.26 Å². The first-order valence-electron chi connectivity index (χ1n) is 10.9. The highest BCUT2D eigenvalue weighted by Gasteiger charge is 2.21. The predicted octanol–water partition coefficient (Wildman–Crippen LogP) is 2.96. The standard InChI is InChI=1S/C23H26N6O2S/c32-23(24-15-19-6-3-11-31-19)27-22-25-20(28-9-12-30-13-10-28)14-21(26-22)29-8-7-17-4-1-2-5-18(17)16-29/h1-6,11,14H,7-10,12-13,15-16H2,(H2,24,25,26,27,32). The molecule has 2 aliphatic rings. The first-order chi connectivity index (χ1) is 15.7. The topological polar surface area (TPSA) is 78.7 Å². The number of hydrogen-bond acceptors (Lipinski definition) is 7. The number of thiocarbonyl (C=S) groups is 1. The fourth-order valence-corrected chi connectivity index (χ4v) is 4.18. The van der Waals surface area contributed by atoms with Gasteiger partial charge in [0.1, 0.15) is 17.4 Å². The summed E-state index contributed by atoms with van der Waals surface area (Å²) in [4.78, 5) is 14.1. The van der Waals surface area contributed by atoms with Crippen molar-refractivity contribution in [1.82, 2.24) is 15.3 Å². The van der Waals surface area contributed by atoms with Gasteiger partial charge in [0.05, 0.1) is 26.0 Å². The number of benzene rings is 1. The Bertz CT molecular complexity index is 1070. The molecule has 2 N–H and O–H groups in total. The average Bonchev–Trinajstić information content (AvgIpc) is 3.37. The second kappa shape index (κ2) is 9.54. The number of nitrogens with one attached hydrogen (secondary N) is 2. The van der Waals surface area contributed by atoms with E-state index >= 15 is 0 Å². The first kappa shape index (κ1) is 20.7. The van der Waals surface area contributed by atoms with Gasteiger partial charge in [-0.3, -0.25) is 0 Å². The molecule has 32 heavy (non-hydrogen) atoms. The van der Waals surface area contributed by atoms with Crippen molar-refractivity contribution in [2.24, 2.45) is 0 Å². The maximum Gasteiger partial charge on any atom is 0.232 e. The Hall–Kier alpha value is -3.17. The number of nitrogens with zero attached hydrogens (tertiary/aromatic N) is 4. The lowest BCUT2D eigenvalue weighted by molar-refractivity contribution is 0.122. The smallest absolute Gasteiger partial charge is 0.232 e. The zero-order valence-electron chi connectivity index (χ0n) is 17.8. The minimum absolute atomic E-state index is 0.454. The van der Waals surface area contributed by atoms with E-state index in [0.29, 0.717) is 30.8 Å². The molecule has 2 aliphatic heterocycles. The zero-order chi connectivity index (χ0) is 21.8. The molecule has 5 rings (SSSR count). The number of anilines is 3. The third-order valence-corrected chi connectivity index (χ3v) is 5.96. The summed E-state index contributed by atoms with van der Waals surface area (Å²) in [6.07, 6.45) is 2.64. The zero-order valence-corrected chi connectivity index (χ0v) is 18.6. The van der Waals surface area contributed by atoms with Gasteiger partial charge >= 0.3 is 0 Å². The molecule has 0 aliphatic carbocycles. The molecule has 9 heteroatoms. The second-order valence-electron chi connectivity index (χ2n) is 7.83. The maximum atomic E-state index is 5.52. The fraction of sp³-hybridized carbons (Fsp3) is 0.348. The van der Waals surface area contributed by atoms with Crippen LogP contribution in [0.5, 0.6) is 0 Å². The molecule has 0 atom stereocenters. The van der Waals surface area contributed by atoms with Crippen molar-refractivity contribution in [3.63, 3.8) is 0 Å². The number of morpholine rings is 1. The van der Waals surface area contributed by atoms with Gasteiger partial charge in [-0.15, -0.1) is 0 Å². The fourth-order valence-electron chi connectivity index (χ4n) is 4.01. The van der Waals surface area contributed by atoms with Gasteiger partial charge in [-0.2, -0.15) is 9.97 Å². The van der Waals surface area contributed by atoms with Crippen LogP contribution >= 0.6 is 12.2 Å². The molecule has 1 fully saturated rings. The molecular formula is C23H26N6O2S. The number of hydrogen-bond donors (Lipinski definition) is 2. The number of ether oxygens (including phenoxy) is 1. The van der Waals surface area contributed by atoms with Gasteiger partial charge in [-0.1, -0.05) is 24.3 Å². The van der Waals surface area contributed by atoms with Gasteiger partial charge in [0.2, 0.25) is 5.95 Å². The van der Waals surface area contributed by atoms with Crippen molar-refractivity contribution < 1.29 is 9.15 Å². The van der Waals surface area contributed by atoms with Crippen LogP contribution in [-0.2, 0) is 24.2 Å². The number of fused-ring (bicyclic) bond motifs is 1. The van der Waals surface area contributed by atoms with Crippen molar-refractivity contribution in [3.05, 3.63) is 65.6 Å². The van der Waals surface area contributed by atoms with Crippen LogP contribution in [0.3, 0.4) is 0 Å². The number of furan rings is 1. The minimum Gasteiger partial charge on any atom is -0.467 e. The summed E-state index contributed by atoms with van der Waals surface area (Å²) in [5.74, 6) is 3.07. The van der Waals surface area contributed by atoms with Crippen LogP contribution in [0, 0.1) is 0 Å². The molecule has 166 valence electrons. The van der Waals surface area contributed by atoms with E-state index in [-0.39, 0.29) is 0 Å². The summed E-state index contributed by atoms with van der Waals surface area (Å²) in [7, 11) is 0. The quantitative estimate of drug-likeness (QED) is 0.571. The molecule has 0 amide bonds. The molecule has 3 aromatic rings. The highest BCUT2D eigenvalue weighted by molar-refractivity contribution is 7.80. The molecular weight excluding hydrogens is 424 g/mol. The Morgan fingerprint density at radius 1 is 0.969 bits per heavy atom. The second-order valence-corrected chi connectivity index (χ2v) is 8.24. The van der Waals surface area contributed by atoms with E-state index in [0.717, 1.165) is 50.0 Å². The summed E-state index contributed by atoms with van der Waals surface area (Å²) < 4.78 is 10.9. The maximum absolute atomic E-state index is 5.52. The predicted molar refractivity (Wildman–Crippen MR) is 128 cm³/mol. The molecule has 2 aromatic heterocycles. The summed E-state index contributed by atoms with van der Waals surface area (Å²) in [6, 6.07) is 14.4. The SMILES string of the molecule is S=C(NCc1ccco1)Nc1nc(N2CCOCC2)cc(N2CCc3ccccc3C2)n1. The normalized spacial score (nSPS) is 15.9. The van der Waals surface area contributed by atoms with Crippen LogP contribution in [-0.4, -0.2) is 47.9 Å². The minimum atomic E-state index is 0.454. The molecule has 1 aromatic carbocycles. The van der Waals surface area contributed by atoms with Crippen LogP contribution in [0.25, 0.3) is 0 Å². The van der Waals surface area contributed by atoms with Crippen molar-refractivity contribution in [3.8, 4) is 0 Å². The summed E-state index contributed by atoms with van der Waals surface area (Å²) in [6.45, 7) is 5.25. The van der Waals surface area contributed by atoms with Gasteiger partial charge in [-0.05, 0) is 41.9 Å². The molecule has 0 unspecified atom stereocenters. The van der Waals surface area contributed by atoms with Crippen LogP contribution in [0.15, 0.2) is 53.1 Å². The van der Waals surface area contributed by atoms with Gasteiger partial charge in [0, 0.05) is 32.2 Å². The number of rotatable bonds is 5. The Morgan fingerprint density at radius 3 is 2.53 bits per heavy atom. The van der Waals surface area contributed by atoms with E-state index in [9.17, 15) is 0 Å². The van der Waals surface area contributed by atoms with Crippen molar-refractivity contribution in [1.29, 1.82) is 0 Å². The monoisotopic (exact) mass is 450 g/mol. The molecule has 0 spiro atoms. The van der Waals surface area contributed by atoms with Crippen LogP contribution < -0.4 is 20.4 Å². The lowest BCUT2D eigenvalue weighted by atomic mass is 10.00. The van der Waals surface area contributed by atoms with Gasteiger partial charge in [0.25, 0.3) is 0 Å². The molecule has 8 nitrogen and oxygen atoms in total. The van der Waals surface area contributed by atoms with Crippen molar-refractivity contribution in [2.75, 3.05) is 48.0 Å². The average molecular weight is 451 g/mol. The van der Waals surface area contributed by atoms with E-state index < -0.39 is 0 Å². The van der Waals surface area contributed by atoms with Crippen LogP contribution in [0.1, 0.15) is 16.9 Å². The lowest BCUT2D eigenvalue weighted by Crippen LogP contribution is -2.38. The summed E-state index contributed by atoms with van der Waals surface area (Å²) >= 11 is 5.47. The third kappa shape index (κ3) is 4.84. The molecule has 4 heterocycles. The lowest BCUT2D eigenvalue weighted by Gasteiger charge is -2.32. The Morgan fingerprint density at radius 2 is 1.75 bits per heavy atom. The van der Waals surface area contributed by atoms with E-state index in [4.69, 9.17) is 31.3 Å². The Balaban J connectivity index is 1.36. The molecule has 0 radical (unpaired) electrons. The van der Waals surface area contributed by atoms with Gasteiger partial charge in [0.15, 0.2) is 5.11 Å². The van der Waals surface area contributed by atoms with Gasteiger partial charge in [-0.25, -0.2) is 0 Å². The van der Waals surface area contributed by atoms with E-state index in [2.05, 4.69) is 50.8 Å². The summed E-state index contributed by atoms with van der Waals surface area (Å²) in [5, 5.41) is 6.75. The Labute approximate surface area is 192 Å². The first-order valence-corrected chi connectivity index (χ1v) is 11.3. The van der Waals surface area contributed by atoms with E-state index in [1.165, 1.54) is 11.1 Å². The van der Waals surface area contributed by atoms with E-state index in [1.807, 2.05) is 12.1 Å². The summed E-state index contributed by atoms with van der Waals surface area (Å²) in [5.41, 5.74) is 2.75. The molecule has 0 saturated carbocycles. The third-order valence-electron chi connectivity index (χ3n) is 5.72.